The first kappa shape index (κ1) is 70.6. The van der Waals surface area contributed by atoms with Crippen LogP contribution in [-0.2, 0) is 76.7 Å². The molecule has 6 heterocycles. The Bertz CT molecular complexity index is 4310. The Hall–Kier alpha value is -10.4. The van der Waals surface area contributed by atoms with Crippen molar-refractivity contribution in [1.29, 1.82) is 0 Å². The lowest BCUT2D eigenvalue weighted by Crippen LogP contribution is -2.71. The van der Waals surface area contributed by atoms with E-state index in [4.69, 9.17) is 77.9 Å². The standard InChI is InChI=1S/C77H69ClN6O20/c1-91-50-35-37-51(38-36-50)93-43-57-62(64(94-40-46-23-9-3-10-24-46)59(68(97-57)81-82-79)83-69(85)52-31-17-18-32-53(52)70(83)86)101-74-60(84-71(87)54-33-19-20-34-55(54)72(84)88)65(95-41-47-25-11-4-12-26-47)61(56(98-74)42-92-39-45-21-7-2-8-22-45)102-75-67(103-76(78)89)66(104-77(90)80-49-29-15-6-16-30-49)63-58(99-75)44-96-73(100-63)48-27-13-5-14-28-48/h2-38,56-68,73-75H,39-44H2,1H3,(H,80,90)/t56-,57-,58-,59-,60-,61-,62-,63-,64-,65-,66+,67-,68-,73-,74+,75+/m1/s1. The first-order chi connectivity index (χ1) is 50.9. The number of imide groups is 2. The highest BCUT2D eigenvalue weighted by atomic mass is 35.5. The number of nitrogens with zero attached hydrogens (tertiary/aromatic N) is 5. The van der Waals surface area contributed by atoms with E-state index in [1.165, 1.54) is 31.4 Å². The highest BCUT2D eigenvalue weighted by molar-refractivity contribution is 6.61. The molecule has 16 atom stereocenters. The van der Waals surface area contributed by atoms with Crippen LogP contribution in [0.15, 0.2) is 230 Å². The van der Waals surface area contributed by atoms with E-state index < -0.39 is 147 Å². The number of benzene rings is 8. The van der Waals surface area contributed by atoms with Crippen LogP contribution in [-0.4, -0.2) is 164 Å². The van der Waals surface area contributed by atoms with Crippen LogP contribution in [0.5, 0.6) is 11.5 Å². The van der Waals surface area contributed by atoms with Gasteiger partial charge >= 0.3 is 11.5 Å². The highest BCUT2D eigenvalue weighted by Crippen LogP contribution is 2.44. The number of anilines is 1. The predicted octanol–water partition coefficient (Wildman–Crippen LogP) is 11.5. The predicted molar refractivity (Wildman–Crippen MR) is 367 cm³/mol. The zero-order chi connectivity index (χ0) is 71.6. The molecule has 8 aromatic rings. The third kappa shape index (κ3) is 15.4. The van der Waals surface area contributed by atoms with E-state index >= 15 is 19.2 Å². The number of ether oxygens (including phenoxy) is 14. The second-order valence-corrected chi connectivity index (χ2v) is 25.3. The van der Waals surface area contributed by atoms with Gasteiger partial charge in [0.25, 0.3) is 23.6 Å². The van der Waals surface area contributed by atoms with Gasteiger partial charge in [-0.25, -0.2) is 9.59 Å². The average Bonchev–Trinajstić information content (AvgIpc) is 1.46. The molecule has 0 saturated carbocycles. The van der Waals surface area contributed by atoms with Gasteiger partial charge in [0.15, 0.2) is 37.3 Å². The van der Waals surface area contributed by atoms with Crippen LogP contribution in [0.2, 0.25) is 0 Å². The molecule has 6 aliphatic rings. The second-order valence-electron chi connectivity index (χ2n) is 25.0. The summed E-state index contributed by atoms with van der Waals surface area (Å²) in [4.78, 5) is 94.4. The molecular weight excluding hydrogens is 1360 g/mol. The highest BCUT2D eigenvalue weighted by Gasteiger charge is 2.62. The molecule has 5 amide bonds. The van der Waals surface area contributed by atoms with Crippen LogP contribution in [0.25, 0.3) is 10.4 Å². The summed E-state index contributed by atoms with van der Waals surface area (Å²) >= 11 is 6.26. The summed E-state index contributed by atoms with van der Waals surface area (Å²) in [7, 11) is 1.51. The number of methoxy groups -OCH3 is 1. The van der Waals surface area contributed by atoms with Crippen LogP contribution >= 0.6 is 11.6 Å². The molecule has 27 heteroatoms. The van der Waals surface area contributed by atoms with E-state index in [2.05, 4.69) is 15.3 Å². The van der Waals surface area contributed by atoms with Gasteiger partial charge in [-0.15, -0.1) is 0 Å². The van der Waals surface area contributed by atoms with Crippen molar-refractivity contribution in [3.63, 3.8) is 0 Å². The minimum atomic E-state index is -1.93. The average molecular weight is 1430 g/mol. The topological polar surface area (TPSA) is 299 Å². The van der Waals surface area contributed by atoms with E-state index in [-0.39, 0.29) is 48.7 Å². The lowest BCUT2D eigenvalue weighted by molar-refractivity contribution is -0.386. The van der Waals surface area contributed by atoms with Gasteiger partial charge in [0.1, 0.15) is 79.0 Å². The molecule has 104 heavy (non-hydrogen) atoms. The molecule has 26 nitrogen and oxygen atoms in total. The molecule has 0 radical (unpaired) electrons. The van der Waals surface area contributed by atoms with Gasteiger partial charge in [-0.1, -0.05) is 169 Å². The summed E-state index contributed by atoms with van der Waals surface area (Å²) < 4.78 is 94.1. The maximum Gasteiger partial charge on any atom is 0.412 e. The van der Waals surface area contributed by atoms with Crippen LogP contribution in [0.3, 0.4) is 0 Å². The molecule has 1 N–H and O–H groups in total. The van der Waals surface area contributed by atoms with Gasteiger partial charge in [-0.3, -0.25) is 34.3 Å². The number of hydrogen-bond acceptors (Lipinski definition) is 21. The number of hydrogen-bond donors (Lipinski definition) is 1. The Morgan fingerprint density at radius 3 is 1.54 bits per heavy atom. The van der Waals surface area contributed by atoms with E-state index in [1.807, 2.05) is 42.5 Å². The van der Waals surface area contributed by atoms with Crippen molar-refractivity contribution >= 4 is 52.4 Å². The van der Waals surface area contributed by atoms with E-state index in [0.29, 0.717) is 33.9 Å². The summed E-state index contributed by atoms with van der Waals surface area (Å²) in [5, 5.41) is 6.83. The molecule has 14 rings (SSSR count). The molecule has 0 spiro atoms. The number of amides is 5. The normalized spacial score (nSPS) is 27.0. The zero-order valence-electron chi connectivity index (χ0n) is 55.6. The molecule has 4 saturated heterocycles. The number of halogens is 1. The number of carbonyl (C=O) groups is 6. The van der Waals surface area contributed by atoms with Crippen LogP contribution in [0.4, 0.5) is 15.3 Å². The Balaban J connectivity index is 0.926. The van der Waals surface area contributed by atoms with Crippen molar-refractivity contribution in [2.24, 2.45) is 5.11 Å². The van der Waals surface area contributed by atoms with Crippen molar-refractivity contribution in [2.45, 2.75) is 118 Å². The van der Waals surface area contributed by atoms with E-state index in [9.17, 15) is 15.1 Å². The maximum absolute atomic E-state index is 15.7. The summed E-state index contributed by atoms with van der Waals surface area (Å²) in [6, 6.07) is 60.0. The van der Waals surface area contributed by atoms with Crippen LogP contribution in [0.1, 0.15) is 70.0 Å². The number of carbonyl (C=O) groups excluding carboxylic acids is 6. The van der Waals surface area contributed by atoms with E-state index in [0.717, 1.165) is 15.4 Å². The minimum Gasteiger partial charge on any atom is -0.497 e. The van der Waals surface area contributed by atoms with Crippen LogP contribution in [0, 0.1) is 0 Å². The fourth-order valence-electron chi connectivity index (χ4n) is 13.7. The van der Waals surface area contributed by atoms with Gasteiger partial charge in [0.05, 0.1) is 62.4 Å². The summed E-state index contributed by atoms with van der Waals surface area (Å²) in [5.74, 6) is -2.38. The minimum absolute atomic E-state index is 0.00167. The van der Waals surface area contributed by atoms with Crippen LogP contribution < -0.4 is 14.8 Å². The molecule has 0 bridgehead atoms. The van der Waals surface area contributed by atoms with E-state index in [1.54, 1.807) is 158 Å². The van der Waals surface area contributed by atoms with Gasteiger partial charge in [0, 0.05) is 27.8 Å². The van der Waals surface area contributed by atoms with Crippen molar-refractivity contribution < 1.29 is 95.1 Å². The molecule has 0 aliphatic carbocycles. The summed E-state index contributed by atoms with van der Waals surface area (Å²) in [6.45, 7) is -1.59. The largest absolute Gasteiger partial charge is 0.497 e. The lowest BCUT2D eigenvalue weighted by Gasteiger charge is -2.53. The first-order valence-corrected chi connectivity index (χ1v) is 33.9. The van der Waals surface area contributed by atoms with Gasteiger partial charge in [-0.05, 0) is 82.9 Å². The molecule has 8 aromatic carbocycles. The molecule has 6 aliphatic heterocycles. The van der Waals surface area contributed by atoms with Gasteiger partial charge in [-0.2, -0.15) is 0 Å². The molecule has 4 fully saturated rings. The molecule has 0 unspecified atom stereocenters. The molecular formula is C77H69ClN6O20. The fourth-order valence-corrected chi connectivity index (χ4v) is 13.8. The fraction of sp³-hybridized carbons (Fsp3) is 0.299. The smallest absolute Gasteiger partial charge is 0.412 e. The molecule has 0 aromatic heterocycles. The number of azide groups is 1. The first-order valence-electron chi connectivity index (χ1n) is 33.6. The van der Waals surface area contributed by atoms with Gasteiger partial charge < -0.3 is 66.3 Å². The van der Waals surface area contributed by atoms with Crippen molar-refractivity contribution in [3.8, 4) is 11.5 Å². The monoisotopic (exact) mass is 1430 g/mol. The number of para-hydroxylation sites is 1. The van der Waals surface area contributed by atoms with Crippen molar-refractivity contribution in [1.82, 2.24) is 9.80 Å². The Labute approximate surface area is 600 Å². The number of rotatable bonds is 25. The van der Waals surface area contributed by atoms with Gasteiger partial charge in [0.2, 0.25) is 0 Å². The molecule has 534 valence electrons. The van der Waals surface area contributed by atoms with Crippen molar-refractivity contribution in [3.05, 3.63) is 279 Å². The third-order valence-corrected chi connectivity index (χ3v) is 18.6. The summed E-state index contributed by atoms with van der Waals surface area (Å²) in [6.07, 6.45) is -22.9. The SMILES string of the molecule is COc1ccc(OC[C@H]2O[C@@H](N=[N+]=[N-])[C@H](N3C(=O)c4ccccc4C3=O)[C@@H](OCc3ccccc3)[C@@H]2O[C@@H]2O[C@H](COCc3ccccc3)[C@@H](O[C@@H]3O[C@@H]4CO[C@@H](c5ccccc5)O[C@H]4[C@H](OC(=O)Nc4ccccc4)[C@H]3OC(=O)Cl)[C@H](OCc3ccccc3)[C@H]2N2C(=O)c3ccccc3C2=O)cc1. The number of nitrogens with one attached hydrogen (secondary N) is 1. The quantitative estimate of drug-likeness (QED) is 0.0183. The Morgan fingerprint density at radius 2 is 1.00 bits per heavy atom. The lowest BCUT2D eigenvalue weighted by atomic mass is 9.92. The zero-order valence-corrected chi connectivity index (χ0v) is 56.4. The van der Waals surface area contributed by atoms with Crippen molar-refractivity contribution in [2.75, 3.05) is 32.2 Å². The third-order valence-electron chi connectivity index (χ3n) is 18.5. The maximum atomic E-state index is 15.7. The Kier molecular flexibility index (Phi) is 22.1. The second kappa shape index (κ2) is 32.5. The number of fused-ring (bicyclic) bond motifs is 3. The summed E-state index contributed by atoms with van der Waals surface area (Å²) in [5.41, 5.74) is 12.0. The Morgan fingerprint density at radius 1 is 0.519 bits per heavy atom.